The fourth-order valence-electron chi connectivity index (χ4n) is 4.16. The number of carbonyl (C=O) groups excluding carboxylic acids is 2. The number of carbonyl (C=O) groups is 2. The molecule has 1 fully saturated rings. The highest BCUT2D eigenvalue weighted by atomic mass is 32.2. The number of amides is 2. The third-order valence-electron chi connectivity index (χ3n) is 5.98. The first-order valence-corrected chi connectivity index (χ1v) is 11.9. The average molecular weight is 443 g/mol. The van der Waals surface area contributed by atoms with E-state index in [1.807, 2.05) is 24.3 Å². The molecule has 9 heteroatoms. The molecular formula is C22H26N4O4S. The van der Waals surface area contributed by atoms with Crippen LogP contribution in [0.4, 0.5) is 0 Å². The van der Waals surface area contributed by atoms with Crippen molar-refractivity contribution in [2.24, 2.45) is 5.92 Å². The van der Waals surface area contributed by atoms with Gasteiger partial charge in [0.2, 0.25) is 21.8 Å². The van der Waals surface area contributed by atoms with Gasteiger partial charge in [0, 0.05) is 44.5 Å². The highest BCUT2D eigenvalue weighted by Crippen LogP contribution is 2.25. The fraction of sp³-hybridized carbons (Fsp3) is 0.409. The molecular weight excluding hydrogens is 416 g/mol. The SMILES string of the molecule is C[C@H](NC(=O)C1CCN(S(=O)(=O)c2cccnc2)CC1)C(=O)N1Cc2ccccc2C1. The monoisotopic (exact) mass is 442 g/mol. The molecule has 164 valence electrons. The van der Waals surface area contributed by atoms with E-state index in [0.29, 0.717) is 25.9 Å². The predicted octanol–water partition coefficient (Wildman–Crippen LogP) is 1.53. The van der Waals surface area contributed by atoms with Gasteiger partial charge in [0.1, 0.15) is 10.9 Å². The van der Waals surface area contributed by atoms with E-state index in [2.05, 4.69) is 10.3 Å². The van der Waals surface area contributed by atoms with Crippen LogP contribution in [0.15, 0.2) is 53.7 Å². The molecule has 2 aliphatic rings. The minimum atomic E-state index is -3.61. The van der Waals surface area contributed by atoms with Crippen LogP contribution in [0.1, 0.15) is 30.9 Å². The second-order valence-corrected chi connectivity index (χ2v) is 10.00. The van der Waals surface area contributed by atoms with E-state index >= 15 is 0 Å². The third-order valence-corrected chi connectivity index (χ3v) is 7.86. The molecule has 0 spiro atoms. The molecule has 1 N–H and O–H groups in total. The number of hydrogen-bond donors (Lipinski definition) is 1. The van der Waals surface area contributed by atoms with Crippen molar-refractivity contribution >= 4 is 21.8 Å². The minimum absolute atomic E-state index is 0.110. The van der Waals surface area contributed by atoms with Crippen LogP contribution in [0.3, 0.4) is 0 Å². The second-order valence-electron chi connectivity index (χ2n) is 8.06. The fourth-order valence-corrected chi connectivity index (χ4v) is 5.60. The van der Waals surface area contributed by atoms with Crippen molar-refractivity contribution in [3.8, 4) is 0 Å². The van der Waals surface area contributed by atoms with E-state index in [-0.39, 0.29) is 35.7 Å². The lowest BCUT2D eigenvalue weighted by Crippen LogP contribution is -2.49. The first-order valence-electron chi connectivity index (χ1n) is 10.4. The summed E-state index contributed by atoms with van der Waals surface area (Å²) < 4.78 is 26.8. The minimum Gasteiger partial charge on any atom is -0.344 e. The van der Waals surface area contributed by atoms with Crippen molar-refractivity contribution in [1.82, 2.24) is 19.5 Å². The van der Waals surface area contributed by atoms with Crippen LogP contribution < -0.4 is 5.32 Å². The molecule has 2 aromatic rings. The van der Waals surface area contributed by atoms with Crippen molar-refractivity contribution < 1.29 is 18.0 Å². The average Bonchev–Trinajstić information content (AvgIpc) is 3.23. The van der Waals surface area contributed by atoms with Crippen LogP contribution in [0.5, 0.6) is 0 Å². The molecule has 0 aliphatic carbocycles. The summed E-state index contributed by atoms with van der Waals surface area (Å²) in [4.78, 5) is 31.3. The van der Waals surface area contributed by atoms with Crippen molar-refractivity contribution in [2.75, 3.05) is 13.1 Å². The van der Waals surface area contributed by atoms with E-state index in [4.69, 9.17) is 0 Å². The summed E-state index contributed by atoms with van der Waals surface area (Å²) in [5, 5.41) is 2.83. The summed E-state index contributed by atoms with van der Waals surface area (Å²) >= 11 is 0. The summed E-state index contributed by atoms with van der Waals surface area (Å²) in [5.41, 5.74) is 2.27. The van der Waals surface area contributed by atoms with Crippen LogP contribution >= 0.6 is 0 Å². The second kappa shape index (κ2) is 8.76. The van der Waals surface area contributed by atoms with Gasteiger partial charge in [-0.1, -0.05) is 24.3 Å². The van der Waals surface area contributed by atoms with Crippen molar-refractivity contribution in [3.05, 3.63) is 59.9 Å². The number of nitrogens with one attached hydrogen (secondary N) is 1. The molecule has 1 atom stereocenters. The Morgan fingerprint density at radius 2 is 1.71 bits per heavy atom. The number of pyridine rings is 1. The highest BCUT2D eigenvalue weighted by Gasteiger charge is 2.34. The number of rotatable bonds is 5. The molecule has 4 rings (SSSR count). The Morgan fingerprint density at radius 3 is 2.29 bits per heavy atom. The summed E-state index contributed by atoms with van der Waals surface area (Å²) in [6.07, 6.45) is 3.69. The van der Waals surface area contributed by atoms with Gasteiger partial charge in [0.25, 0.3) is 0 Å². The molecule has 0 radical (unpaired) electrons. The summed E-state index contributed by atoms with van der Waals surface area (Å²) in [6, 6.07) is 10.4. The van der Waals surface area contributed by atoms with Gasteiger partial charge < -0.3 is 10.2 Å². The molecule has 1 aromatic carbocycles. The molecule has 1 aromatic heterocycles. The maximum Gasteiger partial charge on any atom is 0.245 e. The lowest BCUT2D eigenvalue weighted by molar-refractivity contribution is -0.137. The quantitative estimate of drug-likeness (QED) is 0.757. The zero-order valence-corrected chi connectivity index (χ0v) is 18.2. The number of hydrogen-bond acceptors (Lipinski definition) is 5. The number of nitrogens with zero attached hydrogens (tertiary/aromatic N) is 3. The van der Waals surface area contributed by atoms with Crippen molar-refractivity contribution in [3.63, 3.8) is 0 Å². The van der Waals surface area contributed by atoms with Gasteiger partial charge in [-0.25, -0.2) is 8.42 Å². The largest absolute Gasteiger partial charge is 0.344 e. The zero-order valence-electron chi connectivity index (χ0n) is 17.4. The topological polar surface area (TPSA) is 99.7 Å². The smallest absolute Gasteiger partial charge is 0.245 e. The Labute approximate surface area is 182 Å². The van der Waals surface area contributed by atoms with Crippen molar-refractivity contribution in [2.45, 2.75) is 43.8 Å². The Bertz CT molecular complexity index is 1040. The van der Waals surface area contributed by atoms with Crippen molar-refractivity contribution in [1.29, 1.82) is 0 Å². The van der Waals surface area contributed by atoms with Crippen LogP contribution in [-0.2, 0) is 32.7 Å². The summed E-state index contributed by atoms with van der Waals surface area (Å²) in [5.74, 6) is -0.622. The Hall–Kier alpha value is -2.78. The van der Waals surface area contributed by atoms with Gasteiger partial charge in [-0.05, 0) is 43.0 Å². The van der Waals surface area contributed by atoms with Crippen LogP contribution in [0, 0.1) is 5.92 Å². The van der Waals surface area contributed by atoms with Gasteiger partial charge in [-0.3, -0.25) is 14.6 Å². The zero-order chi connectivity index (χ0) is 22.0. The molecule has 31 heavy (non-hydrogen) atoms. The molecule has 1 saturated heterocycles. The Balaban J connectivity index is 1.30. The number of piperidine rings is 1. The highest BCUT2D eigenvalue weighted by molar-refractivity contribution is 7.89. The van der Waals surface area contributed by atoms with Crippen LogP contribution in [-0.4, -0.2) is 53.6 Å². The standard InChI is InChI=1S/C22H26N4O4S/c1-16(22(28)25-14-18-5-2-3-6-19(18)15-25)24-21(27)17-8-11-26(12-9-17)31(29,30)20-7-4-10-23-13-20/h2-7,10,13,16-17H,8-9,11-12,14-15H2,1H3,(H,24,27)/t16-/m0/s1. The van der Waals surface area contributed by atoms with E-state index in [1.165, 1.54) is 22.8 Å². The number of fused-ring (bicyclic) bond motifs is 1. The van der Waals surface area contributed by atoms with E-state index in [9.17, 15) is 18.0 Å². The Morgan fingerprint density at radius 1 is 1.06 bits per heavy atom. The Kier molecular flexibility index (Phi) is 6.06. The van der Waals surface area contributed by atoms with E-state index < -0.39 is 16.1 Å². The summed E-state index contributed by atoms with van der Waals surface area (Å²) in [7, 11) is -3.61. The number of aromatic nitrogens is 1. The summed E-state index contributed by atoms with van der Waals surface area (Å²) in [6.45, 7) is 3.34. The lowest BCUT2D eigenvalue weighted by atomic mass is 9.97. The predicted molar refractivity (Wildman–Crippen MR) is 114 cm³/mol. The van der Waals surface area contributed by atoms with E-state index in [1.54, 1.807) is 17.9 Å². The normalized spacial score (nSPS) is 18.4. The number of benzene rings is 1. The molecule has 0 bridgehead atoms. The first-order chi connectivity index (χ1) is 14.9. The van der Waals surface area contributed by atoms with Gasteiger partial charge >= 0.3 is 0 Å². The molecule has 8 nitrogen and oxygen atoms in total. The molecule has 0 unspecified atom stereocenters. The maximum absolute atomic E-state index is 12.8. The third kappa shape index (κ3) is 4.47. The first kappa shape index (κ1) is 21.5. The lowest BCUT2D eigenvalue weighted by Gasteiger charge is -2.31. The van der Waals surface area contributed by atoms with Crippen LogP contribution in [0.2, 0.25) is 0 Å². The van der Waals surface area contributed by atoms with Gasteiger partial charge in [-0.2, -0.15) is 4.31 Å². The van der Waals surface area contributed by atoms with E-state index in [0.717, 1.165) is 11.1 Å². The molecule has 0 saturated carbocycles. The van der Waals surface area contributed by atoms with Gasteiger partial charge in [0.05, 0.1) is 0 Å². The molecule has 2 amide bonds. The van der Waals surface area contributed by atoms with Gasteiger partial charge in [0.15, 0.2) is 0 Å². The van der Waals surface area contributed by atoms with Gasteiger partial charge in [-0.15, -0.1) is 0 Å². The molecule has 2 aliphatic heterocycles. The van der Waals surface area contributed by atoms with Crippen LogP contribution in [0.25, 0.3) is 0 Å². The molecule has 3 heterocycles. The number of sulfonamides is 1. The maximum atomic E-state index is 12.8.